The number of hydrogen-bond donors (Lipinski definition) is 0. The van der Waals surface area contributed by atoms with E-state index < -0.39 is 0 Å². The van der Waals surface area contributed by atoms with E-state index in [0.29, 0.717) is 10.6 Å². The van der Waals surface area contributed by atoms with Crippen LogP contribution in [0.15, 0.2) is 24.0 Å². The lowest BCUT2D eigenvalue weighted by Crippen LogP contribution is -2.01. The van der Waals surface area contributed by atoms with Crippen molar-refractivity contribution in [2.24, 2.45) is 0 Å². The Balaban J connectivity index is 2.56. The standard InChI is InChI=1S/C11H10N2O2S/c1-7-6-16-10(11(14)15-2)9(7)8-5-12-3-4-13-8/h3-6H,1-2H3. The van der Waals surface area contributed by atoms with Crippen molar-refractivity contribution in [2.75, 3.05) is 7.11 Å². The van der Waals surface area contributed by atoms with Crippen LogP contribution in [-0.2, 0) is 4.74 Å². The molecule has 2 heterocycles. The van der Waals surface area contributed by atoms with E-state index in [0.717, 1.165) is 11.1 Å². The Morgan fingerprint density at radius 2 is 2.25 bits per heavy atom. The highest BCUT2D eigenvalue weighted by atomic mass is 32.1. The number of aryl methyl sites for hydroxylation is 1. The van der Waals surface area contributed by atoms with Gasteiger partial charge in [-0.15, -0.1) is 11.3 Å². The average molecular weight is 234 g/mol. The lowest BCUT2D eigenvalue weighted by atomic mass is 10.1. The molecule has 82 valence electrons. The minimum Gasteiger partial charge on any atom is -0.465 e. The van der Waals surface area contributed by atoms with Gasteiger partial charge in [0.15, 0.2) is 0 Å². The van der Waals surface area contributed by atoms with Crippen LogP contribution in [0.5, 0.6) is 0 Å². The van der Waals surface area contributed by atoms with Gasteiger partial charge in [0.2, 0.25) is 0 Å². The number of carbonyl (C=O) groups is 1. The molecular weight excluding hydrogens is 224 g/mol. The van der Waals surface area contributed by atoms with Crippen molar-refractivity contribution in [2.45, 2.75) is 6.92 Å². The number of thiophene rings is 1. The zero-order valence-electron chi connectivity index (χ0n) is 8.93. The van der Waals surface area contributed by atoms with Crippen molar-refractivity contribution < 1.29 is 9.53 Å². The fourth-order valence-corrected chi connectivity index (χ4v) is 2.41. The zero-order chi connectivity index (χ0) is 11.5. The van der Waals surface area contributed by atoms with Gasteiger partial charge >= 0.3 is 5.97 Å². The monoisotopic (exact) mass is 234 g/mol. The third kappa shape index (κ3) is 1.81. The van der Waals surface area contributed by atoms with E-state index in [1.807, 2.05) is 12.3 Å². The second-order valence-electron chi connectivity index (χ2n) is 3.21. The van der Waals surface area contributed by atoms with E-state index in [-0.39, 0.29) is 5.97 Å². The van der Waals surface area contributed by atoms with Gasteiger partial charge in [-0.3, -0.25) is 9.97 Å². The van der Waals surface area contributed by atoms with Gasteiger partial charge in [-0.05, 0) is 17.9 Å². The molecule has 0 aliphatic heterocycles. The summed E-state index contributed by atoms with van der Waals surface area (Å²) in [5.41, 5.74) is 2.51. The highest BCUT2D eigenvalue weighted by Gasteiger charge is 2.18. The smallest absolute Gasteiger partial charge is 0.348 e. The Morgan fingerprint density at radius 3 is 2.88 bits per heavy atom. The second kappa shape index (κ2) is 4.40. The van der Waals surface area contributed by atoms with Gasteiger partial charge < -0.3 is 4.74 Å². The molecule has 16 heavy (non-hydrogen) atoms. The topological polar surface area (TPSA) is 52.1 Å². The van der Waals surface area contributed by atoms with Crippen LogP contribution in [0, 0.1) is 6.92 Å². The molecule has 0 fully saturated rings. The Bertz CT molecular complexity index is 508. The number of ether oxygens (including phenoxy) is 1. The summed E-state index contributed by atoms with van der Waals surface area (Å²) >= 11 is 1.36. The first-order valence-electron chi connectivity index (χ1n) is 4.67. The van der Waals surface area contributed by atoms with Crippen molar-refractivity contribution in [1.82, 2.24) is 9.97 Å². The Kier molecular flexibility index (Phi) is 2.96. The quantitative estimate of drug-likeness (QED) is 0.748. The molecular formula is C11H10N2O2S. The minimum absolute atomic E-state index is 0.334. The molecule has 0 N–H and O–H groups in total. The summed E-state index contributed by atoms with van der Waals surface area (Å²) in [5, 5.41) is 1.91. The molecule has 0 saturated heterocycles. The van der Waals surface area contributed by atoms with Gasteiger partial charge in [-0.2, -0.15) is 0 Å². The highest BCUT2D eigenvalue weighted by molar-refractivity contribution is 7.12. The number of esters is 1. The Labute approximate surface area is 96.9 Å². The number of aromatic nitrogens is 2. The summed E-state index contributed by atoms with van der Waals surface area (Å²) in [6, 6.07) is 0. The first kappa shape index (κ1) is 10.8. The van der Waals surface area contributed by atoms with Gasteiger partial charge in [0.25, 0.3) is 0 Å². The van der Waals surface area contributed by atoms with E-state index in [1.165, 1.54) is 18.4 Å². The lowest BCUT2D eigenvalue weighted by molar-refractivity contribution is 0.0607. The summed E-state index contributed by atoms with van der Waals surface area (Å²) < 4.78 is 4.74. The first-order chi connectivity index (χ1) is 7.74. The van der Waals surface area contributed by atoms with Crippen LogP contribution in [0.4, 0.5) is 0 Å². The van der Waals surface area contributed by atoms with Crippen molar-refractivity contribution in [1.29, 1.82) is 0 Å². The van der Waals surface area contributed by atoms with E-state index >= 15 is 0 Å². The molecule has 0 spiro atoms. The fraction of sp³-hybridized carbons (Fsp3) is 0.182. The average Bonchev–Trinajstić information content (AvgIpc) is 2.71. The largest absolute Gasteiger partial charge is 0.465 e. The molecule has 0 aliphatic rings. The van der Waals surface area contributed by atoms with Gasteiger partial charge in [-0.25, -0.2) is 4.79 Å². The summed E-state index contributed by atoms with van der Waals surface area (Å²) in [5.74, 6) is -0.334. The van der Waals surface area contributed by atoms with Crippen molar-refractivity contribution in [3.05, 3.63) is 34.4 Å². The maximum Gasteiger partial charge on any atom is 0.348 e. The van der Waals surface area contributed by atoms with E-state index in [2.05, 4.69) is 9.97 Å². The summed E-state index contributed by atoms with van der Waals surface area (Å²) in [6.07, 6.45) is 4.85. The number of methoxy groups -OCH3 is 1. The minimum atomic E-state index is -0.334. The fourth-order valence-electron chi connectivity index (χ4n) is 1.43. The zero-order valence-corrected chi connectivity index (χ0v) is 9.75. The maximum absolute atomic E-state index is 11.6. The molecule has 2 aromatic heterocycles. The van der Waals surface area contributed by atoms with Crippen molar-refractivity contribution in [3.63, 3.8) is 0 Å². The summed E-state index contributed by atoms with van der Waals surface area (Å²) in [7, 11) is 1.37. The molecule has 0 aromatic carbocycles. The van der Waals surface area contributed by atoms with E-state index in [9.17, 15) is 4.79 Å². The second-order valence-corrected chi connectivity index (χ2v) is 4.08. The number of rotatable bonds is 2. The molecule has 0 bridgehead atoms. The molecule has 0 aliphatic carbocycles. The number of hydrogen-bond acceptors (Lipinski definition) is 5. The molecule has 2 aromatic rings. The SMILES string of the molecule is COC(=O)c1scc(C)c1-c1cnccn1. The van der Waals surface area contributed by atoms with Gasteiger partial charge in [-0.1, -0.05) is 0 Å². The van der Waals surface area contributed by atoms with Crippen LogP contribution in [0.25, 0.3) is 11.3 Å². The van der Waals surface area contributed by atoms with Gasteiger partial charge in [0.05, 0.1) is 19.0 Å². The van der Waals surface area contributed by atoms with Crippen LogP contribution in [0.1, 0.15) is 15.2 Å². The molecule has 4 nitrogen and oxygen atoms in total. The Morgan fingerprint density at radius 1 is 1.44 bits per heavy atom. The normalized spacial score (nSPS) is 10.1. The van der Waals surface area contributed by atoms with Crippen LogP contribution in [0.3, 0.4) is 0 Å². The lowest BCUT2D eigenvalue weighted by Gasteiger charge is -2.02. The van der Waals surface area contributed by atoms with E-state index in [1.54, 1.807) is 18.6 Å². The van der Waals surface area contributed by atoms with Gasteiger partial charge in [0.1, 0.15) is 4.88 Å². The third-order valence-corrected chi connectivity index (χ3v) is 3.24. The van der Waals surface area contributed by atoms with Crippen LogP contribution >= 0.6 is 11.3 Å². The number of nitrogens with zero attached hydrogens (tertiary/aromatic N) is 2. The first-order valence-corrected chi connectivity index (χ1v) is 5.54. The molecule has 0 radical (unpaired) electrons. The molecule has 0 unspecified atom stereocenters. The third-order valence-electron chi connectivity index (χ3n) is 2.17. The molecule has 0 saturated carbocycles. The predicted octanol–water partition coefficient (Wildman–Crippen LogP) is 2.30. The van der Waals surface area contributed by atoms with Crippen molar-refractivity contribution in [3.8, 4) is 11.3 Å². The Hall–Kier alpha value is -1.75. The van der Waals surface area contributed by atoms with Crippen LogP contribution < -0.4 is 0 Å². The predicted molar refractivity (Wildman–Crippen MR) is 61.4 cm³/mol. The molecule has 0 amide bonds. The van der Waals surface area contributed by atoms with E-state index in [4.69, 9.17) is 4.74 Å². The summed E-state index contributed by atoms with van der Waals surface area (Å²) in [6.45, 7) is 1.94. The van der Waals surface area contributed by atoms with Gasteiger partial charge in [0, 0.05) is 18.0 Å². The number of carbonyl (C=O) groups excluding carboxylic acids is 1. The molecule has 2 rings (SSSR count). The van der Waals surface area contributed by atoms with Crippen LogP contribution in [0.2, 0.25) is 0 Å². The maximum atomic E-state index is 11.6. The molecule has 0 atom stereocenters. The highest BCUT2D eigenvalue weighted by Crippen LogP contribution is 2.31. The van der Waals surface area contributed by atoms with Crippen LogP contribution in [-0.4, -0.2) is 23.0 Å². The molecule has 5 heteroatoms. The van der Waals surface area contributed by atoms with Crippen molar-refractivity contribution >= 4 is 17.3 Å². The summed E-state index contributed by atoms with van der Waals surface area (Å²) in [4.78, 5) is 20.3.